The van der Waals surface area contributed by atoms with Gasteiger partial charge in [-0.25, -0.2) is 9.67 Å². The zero-order chi connectivity index (χ0) is 22.6. The van der Waals surface area contributed by atoms with E-state index in [4.69, 9.17) is 11.6 Å². The van der Waals surface area contributed by atoms with Crippen LogP contribution in [0.3, 0.4) is 0 Å². The summed E-state index contributed by atoms with van der Waals surface area (Å²) >= 11 is 6.03. The molecule has 0 aliphatic carbocycles. The highest BCUT2D eigenvalue weighted by molar-refractivity contribution is 6.30. The highest BCUT2D eigenvalue weighted by atomic mass is 35.5. The van der Waals surface area contributed by atoms with Gasteiger partial charge in [0, 0.05) is 24.3 Å². The average molecular weight is 452 g/mol. The van der Waals surface area contributed by atoms with E-state index in [9.17, 15) is 13.2 Å². The molecule has 5 nitrogen and oxygen atoms in total. The van der Waals surface area contributed by atoms with Gasteiger partial charge in [-0.3, -0.25) is 0 Å². The minimum Gasteiger partial charge on any atom is -0.366 e. The summed E-state index contributed by atoms with van der Waals surface area (Å²) in [5.74, 6) is 0.574. The maximum Gasteiger partial charge on any atom is 0.434 e. The van der Waals surface area contributed by atoms with Gasteiger partial charge in [-0.05, 0) is 50.5 Å². The van der Waals surface area contributed by atoms with Crippen LogP contribution in [0.5, 0.6) is 0 Å². The summed E-state index contributed by atoms with van der Waals surface area (Å²) in [6, 6.07) is 7.50. The Labute approximate surface area is 184 Å². The number of imidazole rings is 1. The van der Waals surface area contributed by atoms with Gasteiger partial charge in [0.05, 0.1) is 28.8 Å². The number of aromatic nitrogens is 4. The lowest BCUT2D eigenvalue weighted by atomic mass is 10.0. The Hall–Kier alpha value is -2.48. The van der Waals surface area contributed by atoms with E-state index in [1.165, 1.54) is 0 Å². The van der Waals surface area contributed by atoms with E-state index in [0.717, 1.165) is 29.8 Å². The van der Waals surface area contributed by atoms with Crippen LogP contribution in [-0.4, -0.2) is 32.4 Å². The number of rotatable bonds is 4. The van der Waals surface area contributed by atoms with Gasteiger partial charge in [0.15, 0.2) is 5.69 Å². The second-order valence-corrected chi connectivity index (χ2v) is 9.10. The monoisotopic (exact) mass is 451 g/mol. The molecule has 2 aromatic heterocycles. The molecule has 31 heavy (non-hydrogen) atoms. The van der Waals surface area contributed by atoms with E-state index in [1.807, 2.05) is 42.1 Å². The first-order chi connectivity index (χ1) is 14.5. The first-order valence-electron chi connectivity index (χ1n) is 10.2. The summed E-state index contributed by atoms with van der Waals surface area (Å²) < 4.78 is 43.1. The smallest absolute Gasteiger partial charge is 0.366 e. The van der Waals surface area contributed by atoms with Gasteiger partial charge in [0.1, 0.15) is 5.82 Å². The number of anilines is 1. The highest BCUT2D eigenvalue weighted by Gasteiger charge is 2.41. The summed E-state index contributed by atoms with van der Waals surface area (Å²) in [7, 11) is 0. The van der Waals surface area contributed by atoms with Crippen LogP contribution in [0.2, 0.25) is 5.02 Å². The van der Waals surface area contributed by atoms with E-state index < -0.39 is 17.4 Å². The van der Waals surface area contributed by atoms with Crippen LogP contribution in [0, 0.1) is 6.92 Å². The molecule has 3 aromatic rings. The number of aryl methyl sites for hydroxylation is 1. The molecule has 0 N–H and O–H groups in total. The maximum atomic E-state index is 13.2. The normalized spacial score (nSPS) is 19.6. The van der Waals surface area contributed by atoms with Gasteiger partial charge in [0.25, 0.3) is 0 Å². The fourth-order valence-corrected chi connectivity index (χ4v) is 4.55. The van der Waals surface area contributed by atoms with E-state index >= 15 is 0 Å². The number of nitrogens with zero attached hydrogens (tertiary/aromatic N) is 5. The molecule has 9 heteroatoms. The lowest BCUT2D eigenvalue weighted by molar-refractivity contribution is -0.141. The molecule has 0 saturated carbocycles. The summed E-state index contributed by atoms with van der Waals surface area (Å²) in [5.41, 5.74) is 1.65. The van der Waals surface area contributed by atoms with Crippen molar-refractivity contribution >= 4 is 17.3 Å². The van der Waals surface area contributed by atoms with E-state index in [0.29, 0.717) is 23.8 Å². The zero-order valence-electron chi connectivity index (χ0n) is 17.9. The molecule has 0 bridgehead atoms. The molecule has 1 unspecified atom stereocenters. The topological polar surface area (TPSA) is 38.9 Å². The molecule has 166 valence electrons. The Morgan fingerprint density at radius 1 is 1.16 bits per heavy atom. The van der Waals surface area contributed by atoms with Crippen LogP contribution in [0.1, 0.15) is 50.3 Å². The van der Waals surface area contributed by atoms with Crippen LogP contribution in [0.4, 0.5) is 18.9 Å². The lowest BCUT2D eigenvalue weighted by Gasteiger charge is -2.28. The van der Waals surface area contributed by atoms with Gasteiger partial charge in [-0.2, -0.15) is 18.3 Å². The summed E-state index contributed by atoms with van der Waals surface area (Å²) in [6.07, 6.45) is -0.753. The van der Waals surface area contributed by atoms with E-state index in [1.54, 1.807) is 11.5 Å². The molecule has 4 rings (SSSR count). The van der Waals surface area contributed by atoms with Gasteiger partial charge >= 0.3 is 6.18 Å². The molecule has 1 aliphatic rings. The second-order valence-electron chi connectivity index (χ2n) is 8.67. The molecule has 1 fully saturated rings. The van der Waals surface area contributed by atoms with Crippen molar-refractivity contribution in [3.63, 3.8) is 0 Å². The van der Waals surface area contributed by atoms with Crippen molar-refractivity contribution in [2.75, 3.05) is 18.0 Å². The Morgan fingerprint density at radius 3 is 2.42 bits per heavy atom. The first kappa shape index (κ1) is 21.7. The molecule has 0 radical (unpaired) electrons. The van der Waals surface area contributed by atoms with E-state index in [2.05, 4.69) is 28.8 Å². The molecule has 1 atom stereocenters. The Kier molecular flexibility index (Phi) is 5.32. The maximum absolute atomic E-state index is 13.2. The molecule has 0 spiro atoms. The fourth-order valence-electron chi connectivity index (χ4n) is 4.42. The molecular formula is C22H25ClF3N5. The Morgan fingerprint density at radius 2 is 1.84 bits per heavy atom. The first-order valence-corrected chi connectivity index (χ1v) is 10.6. The third-order valence-electron chi connectivity index (χ3n) is 5.95. The van der Waals surface area contributed by atoms with Crippen molar-refractivity contribution in [1.82, 2.24) is 19.3 Å². The standard InChI is InChI=1S/C22H25ClF3N5/c1-14(2)20-18(11-27-31(20)17-7-5-16(23)6-8-17)29-10-9-21(4,13-29)30-12-19(22(24,25)26)28-15(30)3/h5-8,11-12,14H,9-10,13H2,1-4H3. The van der Waals surface area contributed by atoms with Crippen molar-refractivity contribution < 1.29 is 13.2 Å². The number of halogens is 4. The predicted molar refractivity (Wildman–Crippen MR) is 115 cm³/mol. The quantitative estimate of drug-likeness (QED) is 0.503. The zero-order valence-corrected chi connectivity index (χ0v) is 18.7. The highest BCUT2D eigenvalue weighted by Crippen LogP contribution is 2.39. The van der Waals surface area contributed by atoms with Gasteiger partial charge in [-0.1, -0.05) is 25.4 Å². The third kappa shape index (κ3) is 3.93. The van der Waals surface area contributed by atoms with Crippen LogP contribution in [0.15, 0.2) is 36.7 Å². The van der Waals surface area contributed by atoms with Crippen LogP contribution in [0.25, 0.3) is 5.69 Å². The SMILES string of the molecule is Cc1nc(C(F)(F)F)cn1C1(C)CCN(c2cnn(-c3ccc(Cl)cc3)c2C(C)C)C1. The van der Waals surface area contributed by atoms with Crippen molar-refractivity contribution in [2.24, 2.45) is 0 Å². The predicted octanol–water partition coefficient (Wildman–Crippen LogP) is 5.80. The second kappa shape index (κ2) is 7.58. The largest absolute Gasteiger partial charge is 0.434 e. The van der Waals surface area contributed by atoms with Gasteiger partial charge in [-0.15, -0.1) is 0 Å². The number of hydrogen-bond acceptors (Lipinski definition) is 3. The van der Waals surface area contributed by atoms with Gasteiger partial charge in [0.2, 0.25) is 0 Å². The fraction of sp³-hybridized carbons (Fsp3) is 0.455. The van der Waals surface area contributed by atoms with Crippen molar-refractivity contribution in [2.45, 2.75) is 51.7 Å². The average Bonchev–Trinajstić information content (AvgIpc) is 3.38. The number of alkyl halides is 3. The van der Waals surface area contributed by atoms with Crippen molar-refractivity contribution in [1.29, 1.82) is 0 Å². The van der Waals surface area contributed by atoms with E-state index in [-0.39, 0.29) is 5.92 Å². The van der Waals surface area contributed by atoms with Crippen molar-refractivity contribution in [3.8, 4) is 5.69 Å². The molecule has 0 amide bonds. The summed E-state index contributed by atoms with van der Waals surface area (Å²) in [5, 5.41) is 5.28. The Balaban J connectivity index is 1.67. The summed E-state index contributed by atoms with van der Waals surface area (Å²) in [4.78, 5) is 5.97. The molecule has 1 saturated heterocycles. The Bertz CT molecular complexity index is 1080. The molecule has 1 aliphatic heterocycles. The van der Waals surface area contributed by atoms with Crippen molar-refractivity contribution in [3.05, 3.63) is 58.9 Å². The lowest BCUT2D eigenvalue weighted by Crippen LogP contribution is -2.34. The van der Waals surface area contributed by atoms with Gasteiger partial charge < -0.3 is 9.47 Å². The van der Waals surface area contributed by atoms with Crippen LogP contribution >= 0.6 is 11.6 Å². The number of benzene rings is 1. The summed E-state index contributed by atoms with van der Waals surface area (Å²) in [6.45, 7) is 9.13. The molecular weight excluding hydrogens is 427 g/mol. The van der Waals surface area contributed by atoms with Crippen LogP contribution in [-0.2, 0) is 11.7 Å². The number of hydrogen-bond donors (Lipinski definition) is 0. The molecule has 1 aromatic carbocycles. The minimum absolute atomic E-state index is 0.201. The third-order valence-corrected chi connectivity index (χ3v) is 6.20. The minimum atomic E-state index is -4.45. The van der Waals surface area contributed by atoms with Crippen LogP contribution < -0.4 is 4.90 Å². The molecule has 3 heterocycles.